The first-order chi connectivity index (χ1) is 16.1. The topological polar surface area (TPSA) is 106 Å². The van der Waals surface area contributed by atoms with Crippen molar-refractivity contribution in [3.05, 3.63) is 75.1 Å². The lowest BCUT2D eigenvalue weighted by Gasteiger charge is -2.29. The molecule has 0 saturated carbocycles. The average Bonchev–Trinajstić information content (AvgIpc) is 2.80. The molecule has 9 heteroatoms. The fourth-order valence-corrected chi connectivity index (χ4v) is 5.60. The van der Waals surface area contributed by atoms with E-state index in [0.29, 0.717) is 29.9 Å². The minimum absolute atomic E-state index is 0.0289. The highest BCUT2D eigenvalue weighted by Gasteiger charge is 2.30. The maximum Gasteiger partial charge on any atom is 0.252 e. The van der Waals surface area contributed by atoms with Crippen molar-refractivity contribution >= 4 is 26.7 Å². The summed E-state index contributed by atoms with van der Waals surface area (Å²) in [6.45, 7) is 6.33. The molecule has 1 aromatic heterocycles. The molecular formula is C25H28N2O6S. The van der Waals surface area contributed by atoms with Crippen LogP contribution in [0.4, 0.5) is 0 Å². The monoisotopic (exact) mass is 484 g/mol. The number of Topliss-reactive ketones (excluding diaryl/α,β-unsaturated/α-hetero) is 1. The molecule has 34 heavy (non-hydrogen) atoms. The van der Waals surface area contributed by atoms with Gasteiger partial charge in [-0.15, -0.1) is 0 Å². The van der Waals surface area contributed by atoms with Gasteiger partial charge in [0.05, 0.1) is 30.8 Å². The molecule has 1 atom stereocenters. The number of sulfonamides is 1. The largest absolute Gasteiger partial charge is 0.376 e. The summed E-state index contributed by atoms with van der Waals surface area (Å²) >= 11 is 0. The van der Waals surface area contributed by atoms with Crippen molar-refractivity contribution in [2.24, 2.45) is 0 Å². The second kappa shape index (κ2) is 9.79. The van der Waals surface area contributed by atoms with Gasteiger partial charge in [0.1, 0.15) is 0 Å². The number of carbonyl (C=O) groups excluding carboxylic acids is 1. The molecule has 0 bridgehead atoms. The lowest BCUT2D eigenvalue weighted by molar-refractivity contribution is -0.0923. The summed E-state index contributed by atoms with van der Waals surface area (Å²) in [4.78, 5) is 27.4. The molecule has 0 spiro atoms. The van der Waals surface area contributed by atoms with Crippen LogP contribution in [0.1, 0.15) is 34.0 Å². The Balaban J connectivity index is 1.73. The fourth-order valence-electron chi connectivity index (χ4n) is 4.15. The van der Waals surface area contributed by atoms with E-state index in [-0.39, 0.29) is 35.9 Å². The van der Waals surface area contributed by atoms with E-state index in [2.05, 4.69) is 4.98 Å². The molecule has 8 nitrogen and oxygen atoms in total. The smallest absolute Gasteiger partial charge is 0.252 e. The molecule has 0 aliphatic carbocycles. The predicted molar refractivity (Wildman–Crippen MR) is 129 cm³/mol. The van der Waals surface area contributed by atoms with Gasteiger partial charge in [0.15, 0.2) is 5.78 Å². The maximum atomic E-state index is 13.6. The zero-order chi connectivity index (χ0) is 24.5. The second-order valence-corrected chi connectivity index (χ2v) is 10.6. The molecule has 1 N–H and O–H groups in total. The van der Waals surface area contributed by atoms with Crippen molar-refractivity contribution in [1.29, 1.82) is 0 Å². The van der Waals surface area contributed by atoms with E-state index in [1.54, 1.807) is 6.07 Å². The molecule has 4 rings (SSSR count). The van der Waals surface area contributed by atoms with E-state index in [0.717, 1.165) is 16.5 Å². The summed E-state index contributed by atoms with van der Waals surface area (Å²) in [6, 6.07) is 11.5. The Labute approximate surface area is 198 Å². The molecule has 2 heterocycles. The van der Waals surface area contributed by atoms with Gasteiger partial charge in [-0.2, -0.15) is 4.31 Å². The van der Waals surface area contributed by atoms with Gasteiger partial charge in [0.25, 0.3) is 5.56 Å². The van der Waals surface area contributed by atoms with Crippen LogP contribution in [0.3, 0.4) is 0 Å². The molecule has 0 amide bonds. The molecule has 1 saturated heterocycles. The normalized spacial score (nSPS) is 16.8. The predicted octanol–water partition coefficient (Wildman–Crippen LogP) is 2.95. The number of rotatable bonds is 7. The Bertz CT molecular complexity index is 1370. The van der Waals surface area contributed by atoms with Crippen molar-refractivity contribution in [1.82, 2.24) is 9.29 Å². The number of pyridine rings is 1. The summed E-state index contributed by atoms with van der Waals surface area (Å²) in [7, 11) is -3.99. The third-order valence-corrected chi connectivity index (χ3v) is 7.75. The summed E-state index contributed by atoms with van der Waals surface area (Å²) in [6.07, 6.45) is -0.455. The first-order valence-electron chi connectivity index (χ1n) is 11.1. The molecule has 0 unspecified atom stereocenters. The van der Waals surface area contributed by atoms with Gasteiger partial charge < -0.3 is 14.5 Å². The minimum Gasteiger partial charge on any atom is -0.376 e. The highest BCUT2D eigenvalue weighted by atomic mass is 32.2. The van der Waals surface area contributed by atoms with Gasteiger partial charge in [-0.3, -0.25) is 9.59 Å². The van der Waals surface area contributed by atoms with Gasteiger partial charge in [0.2, 0.25) is 10.0 Å². The number of nitrogens with zero attached hydrogens (tertiary/aromatic N) is 1. The Kier molecular flexibility index (Phi) is 6.99. The van der Waals surface area contributed by atoms with Crippen molar-refractivity contribution in [3.8, 4) is 0 Å². The van der Waals surface area contributed by atoms with Gasteiger partial charge in [-0.05, 0) is 56.2 Å². The number of fused-ring (bicyclic) bond motifs is 1. The first-order valence-corrected chi connectivity index (χ1v) is 12.5. The van der Waals surface area contributed by atoms with E-state index in [1.165, 1.54) is 35.5 Å². The molecule has 3 aromatic rings. The van der Waals surface area contributed by atoms with E-state index < -0.39 is 16.1 Å². The number of ether oxygens (including phenoxy) is 2. The summed E-state index contributed by atoms with van der Waals surface area (Å²) < 4.78 is 39.6. The molecule has 1 aliphatic rings. The standard InChI is InChI=1S/C25H28N2O6S/c1-16-10-17(2)23-12-20(25(29)26-24(23)11-16)13-27(14-21-15-32-8-9-33-21)34(30,31)22-6-4-19(5-7-22)18(3)28/h4-7,10-12,21H,8-9,13-15H2,1-3H3,(H,26,29)/t21-/m1/s1. The minimum atomic E-state index is -3.99. The lowest BCUT2D eigenvalue weighted by Crippen LogP contribution is -2.43. The Morgan fingerprint density at radius 1 is 1.12 bits per heavy atom. The van der Waals surface area contributed by atoms with Crippen LogP contribution in [-0.2, 0) is 26.0 Å². The van der Waals surface area contributed by atoms with Crippen LogP contribution in [0, 0.1) is 13.8 Å². The highest BCUT2D eigenvalue weighted by Crippen LogP contribution is 2.23. The summed E-state index contributed by atoms with van der Waals surface area (Å²) in [5.41, 5.74) is 3.15. The van der Waals surface area contributed by atoms with Crippen LogP contribution >= 0.6 is 0 Å². The van der Waals surface area contributed by atoms with Crippen LogP contribution in [-0.4, -0.2) is 56.0 Å². The number of carbonyl (C=O) groups is 1. The number of aromatic nitrogens is 1. The number of hydrogen-bond acceptors (Lipinski definition) is 6. The second-order valence-electron chi connectivity index (χ2n) is 8.61. The maximum absolute atomic E-state index is 13.6. The van der Waals surface area contributed by atoms with Gasteiger partial charge in [-0.1, -0.05) is 18.2 Å². The van der Waals surface area contributed by atoms with Gasteiger partial charge in [0, 0.05) is 35.1 Å². The Morgan fingerprint density at radius 3 is 2.50 bits per heavy atom. The SMILES string of the molecule is CC(=O)c1ccc(S(=O)(=O)N(Cc2cc3c(C)cc(C)cc3[nH]c2=O)C[C@@H]2COCCO2)cc1. The number of nitrogens with one attached hydrogen (secondary N) is 1. The summed E-state index contributed by atoms with van der Waals surface area (Å²) in [5, 5.41) is 0.862. The van der Waals surface area contributed by atoms with Crippen LogP contribution in [0.15, 0.2) is 52.2 Å². The van der Waals surface area contributed by atoms with E-state index in [1.807, 2.05) is 26.0 Å². The van der Waals surface area contributed by atoms with E-state index >= 15 is 0 Å². The van der Waals surface area contributed by atoms with Gasteiger partial charge >= 0.3 is 0 Å². The number of H-pyrrole nitrogens is 1. The average molecular weight is 485 g/mol. The molecular weight excluding hydrogens is 456 g/mol. The van der Waals surface area contributed by atoms with Crippen molar-refractivity contribution < 1.29 is 22.7 Å². The van der Waals surface area contributed by atoms with E-state index in [4.69, 9.17) is 9.47 Å². The zero-order valence-corrected chi connectivity index (χ0v) is 20.3. The van der Waals surface area contributed by atoms with Crippen molar-refractivity contribution in [3.63, 3.8) is 0 Å². The van der Waals surface area contributed by atoms with Gasteiger partial charge in [-0.25, -0.2) is 8.42 Å². The van der Waals surface area contributed by atoms with Crippen LogP contribution < -0.4 is 5.56 Å². The van der Waals surface area contributed by atoms with Crippen LogP contribution in [0.2, 0.25) is 0 Å². The number of hydrogen-bond donors (Lipinski definition) is 1. The third kappa shape index (κ3) is 5.12. The number of benzene rings is 2. The molecule has 180 valence electrons. The molecule has 1 fully saturated rings. The number of aryl methyl sites for hydroxylation is 2. The molecule has 2 aromatic carbocycles. The fraction of sp³-hybridized carbons (Fsp3) is 0.360. The Hall–Kier alpha value is -2.85. The highest BCUT2D eigenvalue weighted by molar-refractivity contribution is 7.89. The van der Waals surface area contributed by atoms with E-state index in [9.17, 15) is 18.0 Å². The summed E-state index contributed by atoms with van der Waals surface area (Å²) in [5.74, 6) is -0.151. The zero-order valence-electron chi connectivity index (χ0n) is 19.5. The first kappa shape index (κ1) is 24.3. The third-order valence-electron chi connectivity index (χ3n) is 5.93. The number of ketones is 1. The molecule has 0 radical (unpaired) electrons. The Morgan fingerprint density at radius 2 is 1.85 bits per heavy atom. The quantitative estimate of drug-likeness (QED) is 0.517. The van der Waals surface area contributed by atoms with Crippen LogP contribution in [0.5, 0.6) is 0 Å². The molecule has 1 aliphatic heterocycles. The number of aromatic amines is 1. The van der Waals surface area contributed by atoms with Crippen LogP contribution in [0.25, 0.3) is 10.9 Å². The van der Waals surface area contributed by atoms with Crippen molar-refractivity contribution in [2.45, 2.75) is 38.3 Å². The lowest BCUT2D eigenvalue weighted by atomic mass is 10.0. The van der Waals surface area contributed by atoms with Crippen molar-refractivity contribution in [2.75, 3.05) is 26.4 Å².